The molecule has 0 spiro atoms. The van der Waals surface area contributed by atoms with Gasteiger partial charge >= 0.3 is 0 Å². The Morgan fingerprint density at radius 3 is 1.44 bits per heavy atom. The second-order valence-corrected chi connectivity index (χ2v) is 9.92. The normalized spacial score (nSPS) is 11.9. The summed E-state index contributed by atoms with van der Waals surface area (Å²) in [6, 6.07) is 26.9. The minimum atomic E-state index is -0.140. The van der Waals surface area contributed by atoms with E-state index in [2.05, 4.69) is 22.1 Å². The topological polar surface area (TPSA) is 91.5 Å². The molecule has 0 aliphatic heterocycles. The predicted molar refractivity (Wildman–Crippen MR) is 158 cm³/mol. The molecule has 8 rings (SSSR count). The number of rotatable bonds is 2. The number of hydrogen-bond acceptors (Lipinski definition) is 4. The van der Waals surface area contributed by atoms with Crippen molar-refractivity contribution in [1.29, 1.82) is 0 Å². The summed E-state index contributed by atoms with van der Waals surface area (Å²) in [6.07, 6.45) is 3.91. The molecule has 39 heavy (non-hydrogen) atoms. The quantitative estimate of drug-likeness (QED) is 0.212. The lowest BCUT2D eigenvalue weighted by atomic mass is 9.97. The Kier molecular flexibility index (Phi) is 4.49. The zero-order valence-electron chi connectivity index (χ0n) is 20.7. The molecule has 0 radical (unpaired) electrons. The Hall–Kier alpha value is -5.36. The molecule has 4 aromatic heterocycles. The van der Waals surface area contributed by atoms with Gasteiger partial charge in [-0.1, -0.05) is 12.1 Å². The second-order valence-electron chi connectivity index (χ2n) is 9.92. The number of nitrogens with zero attached hydrogens (tertiary/aromatic N) is 2. The SMILES string of the molecule is O=c1ccc2cc3ccc4[nH]cccc4c3nc2c1Cc1c(=O)ccc2cc3ccc4[nH]cccc4c3nc12. The molecule has 184 valence electrons. The van der Waals surface area contributed by atoms with Gasteiger partial charge in [0.05, 0.1) is 22.1 Å². The van der Waals surface area contributed by atoms with E-state index in [1.54, 1.807) is 12.1 Å². The molecule has 8 aromatic rings. The summed E-state index contributed by atoms with van der Waals surface area (Å²) >= 11 is 0. The Morgan fingerprint density at radius 2 is 0.949 bits per heavy atom. The van der Waals surface area contributed by atoms with Crippen LogP contribution in [0.3, 0.4) is 0 Å². The fraction of sp³-hybridized carbons (Fsp3) is 0.0303. The van der Waals surface area contributed by atoms with Crippen LogP contribution in [-0.4, -0.2) is 19.9 Å². The second kappa shape index (κ2) is 8.07. The van der Waals surface area contributed by atoms with Gasteiger partial charge in [-0.15, -0.1) is 0 Å². The molecule has 0 atom stereocenters. The molecule has 0 bridgehead atoms. The van der Waals surface area contributed by atoms with Crippen LogP contribution in [0.1, 0.15) is 11.1 Å². The van der Waals surface area contributed by atoms with E-state index in [0.29, 0.717) is 22.2 Å². The molecule has 2 N–H and O–H groups in total. The first kappa shape index (κ1) is 21.7. The zero-order valence-corrected chi connectivity index (χ0v) is 20.7. The van der Waals surface area contributed by atoms with Crippen LogP contribution in [-0.2, 0) is 6.42 Å². The van der Waals surface area contributed by atoms with E-state index in [-0.39, 0.29) is 17.3 Å². The molecule has 0 fully saturated rings. The number of fused-ring (bicyclic) bond motifs is 8. The van der Waals surface area contributed by atoms with E-state index in [0.717, 1.165) is 54.4 Å². The first-order valence-corrected chi connectivity index (χ1v) is 12.8. The number of aromatic amines is 2. The third kappa shape index (κ3) is 3.28. The molecular formula is C33H20N4O2. The number of nitrogens with one attached hydrogen (secondary N) is 2. The molecule has 0 saturated carbocycles. The van der Waals surface area contributed by atoms with Gasteiger partial charge < -0.3 is 9.97 Å². The fourth-order valence-corrected chi connectivity index (χ4v) is 5.73. The van der Waals surface area contributed by atoms with Gasteiger partial charge in [0, 0.05) is 73.3 Å². The van der Waals surface area contributed by atoms with Crippen LogP contribution >= 0.6 is 0 Å². The minimum Gasteiger partial charge on any atom is -0.361 e. The van der Waals surface area contributed by atoms with Gasteiger partial charge in [0.25, 0.3) is 0 Å². The Bertz CT molecular complexity index is 2250. The highest BCUT2D eigenvalue weighted by Gasteiger charge is 2.16. The molecular weight excluding hydrogens is 484 g/mol. The number of H-pyrrole nitrogens is 2. The zero-order chi connectivity index (χ0) is 26.1. The van der Waals surface area contributed by atoms with Crippen LogP contribution in [0.2, 0.25) is 0 Å². The smallest absolute Gasteiger partial charge is 0.184 e. The van der Waals surface area contributed by atoms with Crippen molar-refractivity contribution in [2.24, 2.45) is 0 Å². The van der Waals surface area contributed by atoms with Crippen LogP contribution in [0.15, 0.2) is 107 Å². The van der Waals surface area contributed by atoms with E-state index < -0.39 is 0 Å². The Balaban J connectivity index is 1.41. The van der Waals surface area contributed by atoms with E-state index in [1.165, 1.54) is 0 Å². The summed E-state index contributed by atoms with van der Waals surface area (Å²) in [6.45, 7) is 0. The lowest BCUT2D eigenvalue weighted by Crippen LogP contribution is -2.15. The van der Waals surface area contributed by atoms with Crippen LogP contribution in [0.25, 0.3) is 65.4 Å². The van der Waals surface area contributed by atoms with E-state index >= 15 is 0 Å². The van der Waals surface area contributed by atoms with E-state index in [9.17, 15) is 9.59 Å². The van der Waals surface area contributed by atoms with Gasteiger partial charge in [-0.25, -0.2) is 9.97 Å². The van der Waals surface area contributed by atoms with Crippen molar-refractivity contribution in [2.75, 3.05) is 0 Å². The molecule has 0 aliphatic rings. The van der Waals surface area contributed by atoms with Gasteiger partial charge in [0.2, 0.25) is 0 Å². The van der Waals surface area contributed by atoms with Crippen LogP contribution in [0.5, 0.6) is 0 Å². The van der Waals surface area contributed by atoms with Crippen molar-refractivity contribution < 1.29 is 0 Å². The van der Waals surface area contributed by atoms with Crippen molar-refractivity contribution in [3.63, 3.8) is 0 Å². The maximum Gasteiger partial charge on any atom is 0.184 e. The molecule has 4 heterocycles. The number of pyridine rings is 4. The van der Waals surface area contributed by atoms with Gasteiger partial charge in [-0.2, -0.15) is 0 Å². The number of hydrogen-bond donors (Lipinski definition) is 2. The van der Waals surface area contributed by atoms with Crippen molar-refractivity contribution in [3.8, 4) is 0 Å². The first-order valence-electron chi connectivity index (χ1n) is 12.8. The fourth-order valence-electron chi connectivity index (χ4n) is 5.73. The monoisotopic (exact) mass is 504 g/mol. The maximum atomic E-state index is 13.3. The molecule has 4 aromatic carbocycles. The molecule has 6 heteroatoms. The molecule has 0 aliphatic carbocycles. The highest BCUT2D eigenvalue weighted by Crippen LogP contribution is 2.30. The first-order chi connectivity index (χ1) is 19.1. The number of benzene rings is 4. The number of aromatic nitrogens is 4. The van der Waals surface area contributed by atoms with Crippen molar-refractivity contribution in [2.45, 2.75) is 6.42 Å². The summed E-state index contributed by atoms with van der Waals surface area (Å²) in [5.41, 5.74) is 5.52. The predicted octanol–water partition coefficient (Wildman–Crippen LogP) is 6.36. The molecule has 0 saturated heterocycles. The highest BCUT2D eigenvalue weighted by molar-refractivity contribution is 6.09. The van der Waals surface area contributed by atoms with E-state index in [4.69, 9.17) is 9.97 Å². The standard InChI is InChI=1S/C33H20N4O2/c38-28-11-7-20-15-18-5-9-26-22(3-1-13-34-26)30(18)36-32(20)24(28)17-25-29(39)12-8-21-16-19-6-10-27-23(4-2-14-35-27)31(19)37-33(21)25/h1-16,34-35H,17H2. The van der Waals surface area contributed by atoms with Crippen LogP contribution in [0, 0.1) is 0 Å². The van der Waals surface area contributed by atoms with Crippen LogP contribution < -0.4 is 10.9 Å². The highest BCUT2D eigenvalue weighted by atomic mass is 16.1. The third-order valence-corrected chi connectivity index (χ3v) is 7.66. The van der Waals surface area contributed by atoms with Crippen molar-refractivity contribution in [3.05, 3.63) is 129 Å². The molecule has 0 amide bonds. The van der Waals surface area contributed by atoms with Gasteiger partial charge in [0.1, 0.15) is 0 Å². The summed E-state index contributed by atoms with van der Waals surface area (Å²) < 4.78 is 0. The maximum absolute atomic E-state index is 13.3. The average molecular weight is 505 g/mol. The van der Waals surface area contributed by atoms with Crippen LogP contribution in [0.4, 0.5) is 0 Å². The lowest BCUT2D eigenvalue weighted by molar-refractivity contribution is 1.16. The summed E-state index contributed by atoms with van der Waals surface area (Å²) in [7, 11) is 0. The summed E-state index contributed by atoms with van der Waals surface area (Å²) in [4.78, 5) is 43.1. The Morgan fingerprint density at radius 1 is 0.513 bits per heavy atom. The minimum absolute atomic E-state index is 0.140. The van der Waals surface area contributed by atoms with Gasteiger partial charge in [0.15, 0.2) is 10.9 Å². The Labute approximate surface area is 220 Å². The lowest BCUT2D eigenvalue weighted by Gasteiger charge is -2.11. The van der Waals surface area contributed by atoms with Gasteiger partial charge in [-0.3, -0.25) is 9.59 Å². The molecule has 6 nitrogen and oxygen atoms in total. The van der Waals surface area contributed by atoms with E-state index in [1.807, 2.05) is 73.1 Å². The largest absolute Gasteiger partial charge is 0.361 e. The summed E-state index contributed by atoms with van der Waals surface area (Å²) in [5, 5.41) is 5.67. The summed E-state index contributed by atoms with van der Waals surface area (Å²) in [5.74, 6) is 0. The third-order valence-electron chi connectivity index (χ3n) is 7.66. The average Bonchev–Trinajstić information content (AvgIpc) is 2.98. The van der Waals surface area contributed by atoms with Gasteiger partial charge in [-0.05, 0) is 72.8 Å². The molecule has 0 unspecified atom stereocenters. The van der Waals surface area contributed by atoms with Crippen molar-refractivity contribution >= 4 is 65.4 Å². The van der Waals surface area contributed by atoms with Crippen molar-refractivity contribution in [1.82, 2.24) is 19.9 Å².